The summed E-state index contributed by atoms with van der Waals surface area (Å²) in [7, 11) is 0. The SMILES string of the molecule is CCC(CC)C(CN)NCC(C)C1CC1. The molecule has 0 aromatic heterocycles. The number of nitrogens with two attached hydrogens (primary N) is 1. The van der Waals surface area contributed by atoms with Gasteiger partial charge < -0.3 is 11.1 Å². The highest BCUT2D eigenvalue weighted by Crippen LogP contribution is 2.36. The number of nitrogens with one attached hydrogen (secondary N) is 1. The normalized spacial score (nSPS) is 20.6. The fourth-order valence-electron chi connectivity index (χ4n) is 2.47. The van der Waals surface area contributed by atoms with Crippen LogP contribution in [0.15, 0.2) is 0 Å². The fourth-order valence-corrected chi connectivity index (χ4v) is 2.47. The molecule has 3 N–H and O–H groups in total. The minimum Gasteiger partial charge on any atom is -0.329 e. The minimum atomic E-state index is 0.529. The summed E-state index contributed by atoms with van der Waals surface area (Å²) in [5.41, 5.74) is 5.84. The highest BCUT2D eigenvalue weighted by atomic mass is 14.9. The van der Waals surface area contributed by atoms with Crippen LogP contribution >= 0.6 is 0 Å². The zero-order valence-electron chi connectivity index (χ0n) is 10.6. The van der Waals surface area contributed by atoms with Crippen LogP contribution in [-0.2, 0) is 0 Å². The molecular weight excluding hydrogens is 184 g/mol. The lowest BCUT2D eigenvalue weighted by atomic mass is 9.93. The van der Waals surface area contributed by atoms with Gasteiger partial charge in [-0.2, -0.15) is 0 Å². The van der Waals surface area contributed by atoms with Crippen LogP contribution in [0.1, 0.15) is 46.5 Å². The van der Waals surface area contributed by atoms with E-state index in [9.17, 15) is 0 Å². The molecule has 0 heterocycles. The van der Waals surface area contributed by atoms with Gasteiger partial charge in [0.05, 0.1) is 0 Å². The summed E-state index contributed by atoms with van der Waals surface area (Å²) in [5.74, 6) is 2.59. The van der Waals surface area contributed by atoms with E-state index in [1.165, 1.54) is 25.7 Å². The van der Waals surface area contributed by atoms with E-state index in [2.05, 4.69) is 26.1 Å². The summed E-state index contributed by atoms with van der Waals surface area (Å²) >= 11 is 0. The van der Waals surface area contributed by atoms with E-state index in [0.29, 0.717) is 6.04 Å². The summed E-state index contributed by atoms with van der Waals surface area (Å²) in [6.07, 6.45) is 5.37. The topological polar surface area (TPSA) is 38.0 Å². The molecule has 0 bridgehead atoms. The second-order valence-electron chi connectivity index (χ2n) is 5.14. The Bertz CT molecular complexity index is 162. The first-order valence-electron chi connectivity index (χ1n) is 6.66. The molecule has 2 atom stereocenters. The first kappa shape index (κ1) is 13.0. The van der Waals surface area contributed by atoms with Crippen LogP contribution < -0.4 is 11.1 Å². The third kappa shape index (κ3) is 4.12. The van der Waals surface area contributed by atoms with Gasteiger partial charge in [0.25, 0.3) is 0 Å². The molecule has 2 nitrogen and oxygen atoms in total. The van der Waals surface area contributed by atoms with Gasteiger partial charge in [0.2, 0.25) is 0 Å². The minimum absolute atomic E-state index is 0.529. The van der Waals surface area contributed by atoms with Crippen LogP contribution in [0.2, 0.25) is 0 Å². The van der Waals surface area contributed by atoms with Crippen molar-refractivity contribution >= 4 is 0 Å². The number of hydrogen-bond donors (Lipinski definition) is 2. The van der Waals surface area contributed by atoms with Crippen molar-refractivity contribution in [2.24, 2.45) is 23.5 Å². The van der Waals surface area contributed by atoms with Crippen LogP contribution in [0.5, 0.6) is 0 Å². The van der Waals surface area contributed by atoms with Crippen molar-refractivity contribution in [1.82, 2.24) is 5.32 Å². The Morgan fingerprint density at radius 3 is 2.27 bits per heavy atom. The maximum Gasteiger partial charge on any atom is 0.0218 e. The molecule has 2 unspecified atom stereocenters. The maximum absolute atomic E-state index is 5.84. The molecule has 0 saturated heterocycles. The van der Waals surface area contributed by atoms with Crippen molar-refractivity contribution in [1.29, 1.82) is 0 Å². The summed E-state index contributed by atoms with van der Waals surface area (Å²) in [4.78, 5) is 0. The van der Waals surface area contributed by atoms with Crippen LogP contribution in [0.4, 0.5) is 0 Å². The molecule has 0 aromatic carbocycles. The summed E-state index contributed by atoms with van der Waals surface area (Å²) in [6.45, 7) is 8.84. The zero-order valence-corrected chi connectivity index (χ0v) is 10.6. The van der Waals surface area contributed by atoms with Gasteiger partial charge in [0.15, 0.2) is 0 Å². The molecule has 0 amide bonds. The Morgan fingerprint density at radius 2 is 1.87 bits per heavy atom. The number of rotatable bonds is 8. The van der Waals surface area contributed by atoms with Crippen molar-refractivity contribution in [2.75, 3.05) is 13.1 Å². The van der Waals surface area contributed by atoms with Crippen molar-refractivity contribution in [3.05, 3.63) is 0 Å². The van der Waals surface area contributed by atoms with E-state index < -0.39 is 0 Å². The maximum atomic E-state index is 5.84. The van der Waals surface area contributed by atoms with E-state index in [4.69, 9.17) is 5.73 Å². The van der Waals surface area contributed by atoms with Gasteiger partial charge in [0.1, 0.15) is 0 Å². The van der Waals surface area contributed by atoms with Crippen molar-refractivity contribution in [2.45, 2.75) is 52.5 Å². The molecule has 1 fully saturated rings. The Kier molecular flexibility index (Phi) is 5.62. The largest absolute Gasteiger partial charge is 0.329 e. The predicted molar refractivity (Wildman–Crippen MR) is 66.8 cm³/mol. The van der Waals surface area contributed by atoms with Gasteiger partial charge in [-0.1, -0.05) is 33.6 Å². The van der Waals surface area contributed by atoms with Crippen LogP contribution in [0, 0.1) is 17.8 Å². The van der Waals surface area contributed by atoms with Gasteiger partial charge in [-0.25, -0.2) is 0 Å². The van der Waals surface area contributed by atoms with Crippen molar-refractivity contribution in [3.8, 4) is 0 Å². The standard InChI is InChI=1S/C13H28N2/c1-4-11(5-2)13(8-14)15-9-10(3)12-6-7-12/h10-13,15H,4-9,14H2,1-3H3. The van der Waals surface area contributed by atoms with Gasteiger partial charge >= 0.3 is 0 Å². The van der Waals surface area contributed by atoms with Gasteiger partial charge in [-0.3, -0.25) is 0 Å². The average molecular weight is 212 g/mol. The molecule has 0 radical (unpaired) electrons. The summed E-state index contributed by atoms with van der Waals surface area (Å²) in [5, 5.41) is 3.67. The number of hydrogen-bond acceptors (Lipinski definition) is 2. The second kappa shape index (κ2) is 6.49. The molecule has 1 aliphatic rings. The van der Waals surface area contributed by atoms with E-state index in [-0.39, 0.29) is 0 Å². The fraction of sp³-hybridized carbons (Fsp3) is 1.00. The van der Waals surface area contributed by atoms with E-state index in [0.717, 1.165) is 30.8 Å². The van der Waals surface area contributed by atoms with E-state index in [1.807, 2.05) is 0 Å². The molecule has 1 aliphatic carbocycles. The average Bonchev–Trinajstić information content (AvgIpc) is 3.07. The molecular formula is C13H28N2. The molecule has 0 spiro atoms. The molecule has 1 rings (SSSR count). The monoisotopic (exact) mass is 212 g/mol. The predicted octanol–water partition coefficient (Wildman–Crippen LogP) is 2.39. The second-order valence-corrected chi connectivity index (χ2v) is 5.14. The first-order chi connectivity index (χ1) is 7.22. The summed E-state index contributed by atoms with van der Waals surface area (Å²) in [6, 6.07) is 0.529. The first-order valence-corrected chi connectivity index (χ1v) is 6.66. The molecule has 15 heavy (non-hydrogen) atoms. The van der Waals surface area contributed by atoms with Crippen LogP contribution in [-0.4, -0.2) is 19.1 Å². The third-order valence-electron chi connectivity index (χ3n) is 4.00. The van der Waals surface area contributed by atoms with Gasteiger partial charge in [-0.05, 0) is 37.1 Å². The molecule has 2 heteroatoms. The smallest absolute Gasteiger partial charge is 0.0218 e. The molecule has 0 aromatic rings. The molecule has 1 saturated carbocycles. The van der Waals surface area contributed by atoms with Crippen molar-refractivity contribution < 1.29 is 0 Å². The highest BCUT2D eigenvalue weighted by Gasteiger charge is 2.28. The quantitative estimate of drug-likeness (QED) is 0.648. The lowest BCUT2D eigenvalue weighted by Gasteiger charge is -2.26. The Hall–Kier alpha value is -0.0800. The van der Waals surface area contributed by atoms with E-state index in [1.54, 1.807) is 0 Å². The Labute approximate surface area is 95.0 Å². The lowest BCUT2D eigenvalue weighted by molar-refractivity contribution is 0.315. The van der Waals surface area contributed by atoms with Crippen molar-refractivity contribution in [3.63, 3.8) is 0 Å². The third-order valence-corrected chi connectivity index (χ3v) is 4.00. The zero-order chi connectivity index (χ0) is 11.3. The van der Waals surface area contributed by atoms with Crippen LogP contribution in [0.25, 0.3) is 0 Å². The van der Waals surface area contributed by atoms with Gasteiger partial charge in [0, 0.05) is 12.6 Å². The molecule has 0 aliphatic heterocycles. The summed E-state index contributed by atoms with van der Waals surface area (Å²) < 4.78 is 0. The Morgan fingerprint density at radius 1 is 1.27 bits per heavy atom. The highest BCUT2D eigenvalue weighted by molar-refractivity contribution is 4.82. The lowest BCUT2D eigenvalue weighted by Crippen LogP contribution is -2.43. The van der Waals surface area contributed by atoms with Gasteiger partial charge in [-0.15, -0.1) is 0 Å². The Balaban J connectivity index is 2.25. The molecule has 90 valence electrons. The van der Waals surface area contributed by atoms with Crippen LogP contribution in [0.3, 0.4) is 0 Å². The van der Waals surface area contributed by atoms with E-state index >= 15 is 0 Å².